The quantitative estimate of drug-likeness (QED) is 0.445. The van der Waals surface area contributed by atoms with Gasteiger partial charge in [-0.25, -0.2) is 21.2 Å². The summed E-state index contributed by atoms with van der Waals surface area (Å²) < 4.78 is 65.8. The van der Waals surface area contributed by atoms with Crippen molar-refractivity contribution in [3.63, 3.8) is 0 Å². The first kappa shape index (κ1) is 21.3. The van der Waals surface area contributed by atoms with E-state index in [-0.39, 0.29) is 20.5 Å². The van der Waals surface area contributed by atoms with Crippen LogP contribution in [0.4, 0.5) is 10.1 Å². The van der Waals surface area contributed by atoms with Crippen LogP contribution < -0.4 is 4.72 Å². The zero-order chi connectivity index (χ0) is 22.4. The van der Waals surface area contributed by atoms with Gasteiger partial charge in [-0.3, -0.25) is 9.82 Å². The van der Waals surface area contributed by atoms with Gasteiger partial charge >= 0.3 is 0 Å². The topological polar surface area (TPSA) is 109 Å². The highest BCUT2D eigenvalue weighted by atomic mass is 35.5. The molecule has 4 rings (SSSR count). The van der Waals surface area contributed by atoms with E-state index in [1.807, 2.05) is 0 Å². The molecule has 0 radical (unpaired) electrons. The Morgan fingerprint density at radius 2 is 1.68 bits per heavy atom. The molecule has 11 heteroatoms. The Hall–Kier alpha value is -2.95. The molecule has 0 amide bonds. The van der Waals surface area contributed by atoms with Crippen molar-refractivity contribution >= 4 is 48.1 Å². The van der Waals surface area contributed by atoms with Crippen LogP contribution in [-0.4, -0.2) is 33.3 Å². The lowest BCUT2D eigenvalue weighted by Crippen LogP contribution is -2.16. The molecule has 0 aliphatic heterocycles. The maximum Gasteiger partial charge on any atom is 0.263 e. The van der Waals surface area contributed by atoms with Crippen LogP contribution in [0.3, 0.4) is 0 Å². The van der Waals surface area contributed by atoms with Gasteiger partial charge < -0.3 is 0 Å². The molecule has 1 aromatic heterocycles. The van der Waals surface area contributed by atoms with E-state index in [1.165, 1.54) is 48.5 Å². The standard InChI is InChI=1S/C20H15ClFN3O4S2/c1-30(26,27)18-4-2-3-5-19(18)31(28,29)25-13-7-9-17-14(11-13)20(24-23-17)12-6-8-16(22)15(21)10-12/h2-11,25H,1H3,(H,23,24). The molecule has 0 fully saturated rings. The van der Waals surface area contributed by atoms with E-state index in [0.717, 1.165) is 6.26 Å². The number of hydrogen-bond acceptors (Lipinski definition) is 5. The van der Waals surface area contributed by atoms with Crippen molar-refractivity contribution in [3.8, 4) is 11.3 Å². The second kappa shape index (κ2) is 7.63. The molecule has 2 N–H and O–H groups in total. The lowest BCUT2D eigenvalue weighted by atomic mass is 10.1. The zero-order valence-corrected chi connectivity index (χ0v) is 18.3. The Morgan fingerprint density at radius 1 is 0.968 bits per heavy atom. The molecule has 0 aliphatic rings. The van der Waals surface area contributed by atoms with Crippen LogP contribution in [0.5, 0.6) is 0 Å². The fourth-order valence-corrected chi connectivity index (χ4v) is 5.99. The normalized spacial score (nSPS) is 12.2. The molecular weight excluding hydrogens is 465 g/mol. The van der Waals surface area contributed by atoms with Crippen molar-refractivity contribution in [2.45, 2.75) is 9.79 Å². The minimum absolute atomic E-state index is 0.0668. The summed E-state index contributed by atoms with van der Waals surface area (Å²) in [6.45, 7) is 0. The number of aromatic nitrogens is 2. The van der Waals surface area contributed by atoms with Gasteiger partial charge in [0, 0.05) is 22.9 Å². The third kappa shape index (κ3) is 4.14. The molecule has 4 aromatic rings. The van der Waals surface area contributed by atoms with Crippen molar-refractivity contribution in [1.29, 1.82) is 0 Å². The molecule has 0 atom stereocenters. The van der Waals surface area contributed by atoms with Crippen molar-refractivity contribution < 1.29 is 21.2 Å². The van der Waals surface area contributed by atoms with Crippen molar-refractivity contribution in [3.05, 3.63) is 71.5 Å². The number of fused-ring (bicyclic) bond motifs is 1. The number of hydrogen-bond donors (Lipinski definition) is 2. The minimum Gasteiger partial charge on any atom is -0.280 e. The fourth-order valence-electron chi connectivity index (χ4n) is 3.13. The van der Waals surface area contributed by atoms with E-state index >= 15 is 0 Å². The number of sulfonamides is 1. The number of aromatic amines is 1. The SMILES string of the molecule is CS(=O)(=O)c1ccccc1S(=O)(=O)Nc1ccc2[nH]nc(-c3ccc(F)c(Cl)c3)c2c1. The third-order valence-corrected chi connectivity index (χ3v) is 7.56. The van der Waals surface area contributed by atoms with Crippen molar-refractivity contribution in [2.75, 3.05) is 11.0 Å². The molecule has 3 aromatic carbocycles. The maximum absolute atomic E-state index is 13.5. The number of nitrogens with zero attached hydrogens (tertiary/aromatic N) is 1. The van der Waals surface area contributed by atoms with E-state index in [1.54, 1.807) is 12.1 Å². The second-order valence-corrected chi connectivity index (χ2v) is 10.8. The molecule has 0 aliphatic carbocycles. The molecule has 0 spiro atoms. The fraction of sp³-hybridized carbons (Fsp3) is 0.0500. The molecule has 0 saturated heterocycles. The summed E-state index contributed by atoms with van der Waals surface area (Å²) in [6, 6.07) is 14.2. The predicted molar refractivity (Wildman–Crippen MR) is 117 cm³/mol. The van der Waals surface area contributed by atoms with Gasteiger partial charge in [0.1, 0.15) is 16.4 Å². The summed E-state index contributed by atoms with van der Waals surface area (Å²) in [6.07, 6.45) is 0.943. The van der Waals surface area contributed by atoms with Crippen molar-refractivity contribution in [2.24, 2.45) is 0 Å². The van der Waals surface area contributed by atoms with Gasteiger partial charge in [0.15, 0.2) is 9.84 Å². The van der Waals surface area contributed by atoms with E-state index in [4.69, 9.17) is 11.6 Å². The first-order valence-electron chi connectivity index (χ1n) is 8.82. The van der Waals surface area contributed by atoms with E-state index < -0.39 is 25.7 Å². The number of rotatable bonds is 5. The molecule has 1 heterocycles. The average molecular weight is 480 g/mol. The zero-order valence-electron chi connectivity index (χ0n) is 15.9. The lowest BCUT2D eigenvalue weighted by Gasteiger charge is -2.11. The number of sulfone groups is 1. The van der Waals surface area contributed by atoms with E-state index in [2.05, 4.69) is 14.9 Å². The maximum atomic E-state index is 13.5. The Morgan fingerprint density at radius 3 is 2.35 bits per heavy atom. The van der Waals surface area contributed by atoms with Gasteiger partial charge in [-0.2, -0.15) is 5.10 Å². The summed E-state index contributed by atoms with van der Waals surface area (Å²) in [5.41, 5.74) is 1.82. The highest BCUT2D eigenvalue weighted by Gasteiger charge is 2.24. The Balaban J connectivity index is 1.77. The Bertz CT molecular complexity index is 1530. The first-order chi connectivity index (χ1) is 14.6. The molecule has 160 valence electrons. The summed E-state index contributed by atoms with van der Waals surface area (Å²) in [4.78, 5) is -0.649. The van der Waals surface area contributed by atoms with Crippen molar-refractivity contribution in [1.82, 2.24) is 10.2 Å². The minimum atomic E-state index is -4.20. The molecule has 7 nitrogen and oxygen atoms in total. The number of nitrogens with one attached hydrogen (secondary N) is 2. The Kier molecular flexibility index (Phi) is 5.24. The van der Waals surface area contributed by atoms with E-state index in [9.17, 15) is 21.2 Å². The van der Waals surface area contributed by atoms with Gasteiger partial charge in [-0.05, 0) is 48.5 Å². The lowest BCUT2D eigenvalue weighted by molar-refractivity contribution is 0.588. The van der Waals surface area contributed by atoms with Crippen LogP contribution in [0.15, 0.2) is 70.5 Å². The Labute approximate surface area is 182 Å². The summed E-state index contributed by atoms with van der Waals surface area (Å²) >= 11 is 5.87. The average Bonchev–Trinajstić information content (AvgIpc) is 3.12. The molecular formula is C20H15ClFN3O4S2. The van der Waals surface area contributed by atoms with Crippen LogP contribution >= 0.6 is 11.6 Å². The van der Waals surface area contributed by atoms with Gasteiger partial charge in [-0.15, -0.1) is 0 Å². The first-order valence-corrected chi connectivity index (χ1v) is 12.6. The largest absolute Gasteiger partial charge is 0.280 e. The molecule has 0 unspecified atom stereocenters. The monoisotopic (exact) mass is 479 g/mol. The summed E-state index contributed by atoms with van der Waals surface area (Å²) in [5.74, 6) is -0.566. The highest BCUT2D eigenvalue weighted by molar-refractivity contribution is 7.95. The van der Waals surface area contributed by atoms with Gasteiger partial charge in [0.25, 0.3) is 10.0 Å². The van der Waals surface area contributed by atoms with Gasteiger partial charge in [0.05, 0.1) is 15.4 Å². The smallest absolute Gasteiger partial charge is 0.263 e. The number of anilines is 1. The molecule has 31 heavy (non-hydrogen) atoms. The van der Waals surface area contributed by atoms with Crippen LogP contribution in [0.2, 0.25) is 5.02 Å². The molecule has 0 bridgehead atoms. The number of benzene rings is 3. The highest BCUT2D eigenvalue weighted by Crippen LogP contribution is 2.32. The summed E-state index contributed by atoms with van der Waals surface area (Å²) in [5, 5.41) is 7.55. The third-order valence-electron chi connectivity index (χ3n) is 4.55. The van der Waals surface area contributed by atoms with Crippen LogP contribution in [0.25, 0.3) is 22.2 Å². The van der Waals surface area contributed by atoms with Gasteiger partial charge in [0.2, 0.25) is 0 Å². The van der Waals surface area contributed by atoms with E-state index in [0.29, 0.717) is 22.2 Å². The summed E-state index contributed by atoms with van der Waals surface area (Å²) in [7, 11) is -7.96. The predicted octanol–water partition coefficient (Wildman–Crippen LogP) is 4.23. The van der Waals surface area contributed by atoms with Crippen LogP contribution in [-0.2, 0) is 19.9 Å². The molecule has 0 saturated carbocycles. The second-order valence-electron chi connectivity index (χ2n) is 6.79. The van der Waals surface area contributed by atoms with Crippen LogP contribution in [0.1, 0.15) is 0 Å². The van der Waals surface area contributed by atoms with Gasteiger partial charge in [-0.1, -0.05) is 23.7 Å². The number of halogens is 2. The van der Waals surface area contributed by atoms with Crippen LogP contribution in [0, 0.1) is 5.82 Å². The number of H-pyrrole nitrogens is 1.